The molecule has 0 spiro atoms. The van der Waals surface area contributed by atoms with Crippen LogP contribution in [0.4, 0.5) is 29.0 Å². The number of rotatable bonds is 9. The second kappa shape index (κ2) is 18.5. The van der Waals surface area contributed by atoms with Crippen LogP contribution in [0.25, 0.3) is 0 Å². The molecule has 2 aromatic carbocycles. The van der Waals surface area contributed by atoms with Crippen molar-refractivity contribution in [1.29, 1.82) is 0 Å². The quantitative estimate of drug-likeness (QED) is 0.0930. The monoisotopic (exact) mass is 635 g/mol. The van der Waals surface area contributed by atoms with E-state index in [1.165, 1.54) is 0 Å². The van der Waals surface area contributed by atoms with Crippen molar-refractivity contribution >= 4 is 50.7 Å². The number of nitrogens with two attached hydrogens (primary N) is 1. The molecule has 3 N–H and O–H groups in total. The van der Waals surface area contributed by atoms with E-state index in [2.05, 4.69) is 30.1 Å². The molecule has 0 atom stereocenters. The van der Waals surface area contributed by atoms with Crippen LogP contribution in [0.1, 0.15) is 13.8 Å². The Morgan fingerprint density at radius 1 is 0.884 bits per heavy atom. The molecule has 234 valence electrons. The third-order valence-corrected chi connectivity index (χ3v) is 5.83. The van der Waals surface area contributed by atoms with Gasteiger partial charge in [-0.15, -0.1) is 0 Å². The van der Waals surface area contributed by atoms with Gasteiger partial charge in [-0.05, 0) is 61.5 Å². The number of hydrogen-bond acceptors (Lipinski definition) is 10. The smallest absolute Gasteiger partial charge is 0.421 e. The van der Waals surface area contributed by atoms with Crippen LogP contribution in [0, 0.1) is 0 Å². The van der Waals surface area contributed by atoms with E-state index < -0.39 is 10.1 Å². The standard InChI is InChI=1S/C14H20N6.C11H12ClN4.CH4O4S.CH4/c1-19-10-11-20(2)14(19)18-17-13-6-4-12(5-7-13)16-9-3-8-15;1-15-7-8-16(2)11(15)14-13-10-5-3-9(12)4-6-10;1-6(3,4)5-2;/h4-7,10-11H,3,8-9,15H2,1-2H3;3-8H,1-2H3;2H,1H3;1H4/q;+1;;. The van der Waals surface area contributed by atoms with Crippen LogP contribution in [0.3, 0.4) is 0 Å². The average Bonchev–Trinajstić information content (AvgIpc) is 3.46. The summed E-state index contributed by atoms with van der Waals surface area (Å²) < 4.78 is 29.2. The van der Waals surface area contributed by atoms with Crippen molar-refractivity contribution in [2.45, 2.75) is 13.8 Å². The Morgan fingerprint density at radius 2 is 1.30 bits per heavy atom. The van der Waals surface area contributed by atoms with E-state index in [9.17, 15) is 8.42 Å². The molecule has 43 heavy (non-hydrogen) atoms. The lowest BCUT2D eigenvalue weighted by atomic mass is 10.3. The topological polar surface area (TPSA) is 172 Å². The molecular weight excluding hydrogens is 596 g/mol. The maximum absolute atomic E-state index is 9.47. The molecule has 4 aromatic rings. The molecule has 0 saturated heterocycles. The molecule has 0 aliphatic carbocycles. The van der Waals surface area contributed by atoms with Crippen molar-refractivity contribution in [3.63, 3.8) is 0 Å². The Hall–Kier alpha value is -4.02. The van der Waals surface area contributed by atoms with E-state index >= 15 is 0 Å². The van der Waals surface area contributed by atoms with Crippen LogP contribution in [-0.2, 0) is 42.6 Å². The lowest BCUT2D eigenvalue weighted by molar-refractivity contribution is -0.657. The number of nitrogens with zero attached hydrogens (tertiary/aromatic N) is 8. The zero-order valence-electron chi connectivity index (χ0n) is 24.1. The highest BCUT2D eigenvalue weighted by Gasteiger charge is 2.11. The highest BCUT2D eigenvalue weighted by molar-refractivity contribution is 7.85. The molecule has 4 rings (SSSR count). The van der Waals surface area contributed by atoms with E-state index in [1.807, 2.05) is 108 Å². The second-order valence-corrected chi connectivity index (χ2v) is 10.9. The largest absolute Gasteiger partial charge is 0.707 e. The highest BCUT2D eigenvalue weighted by atomic mass is 35.5. The number of nitrogens with one attached hydrogen (secondary N) is 1. The predicted molar refractivity (Wildman–Crippen MR) is 164 cm³/mol. The summed E-state index contributed by atoms with van der Waals surface area (Å²) in [5.74, 6) is 1.59. The molecule has 0 saturated carbocycles. The molecule has 0 bridgehead atoms. The number of aromatic nitrogens is 4. The summed E-state index contributed by atoms with van der Waals surface area (Å²) in [5.41, 5.74) is 8.14. The predicted octanol–water partition coefficient (Wildman–Crippen LogP) is 3.82. The Morgan fingerprint density at radius 3 is 1.65 bits per heavy atom. The molecule has 2 aromatic heterocycles. The fourth-order valence-corrected chi connectivity index (χ4v) is 3.27. The summed E-state index contributed by atoms with van der Waals surface area (Å²) >= 11 is 5.78. The number of anilines is 1. The van der Waals surface area contributed by atoms with Gasteiger partial charge < -0.3 is 20.6 Å². The number of halogens is 1. The third kappa shape index (κ3) is 13.7. The van der Waals surface area contributed by atoms with Gasteiger partial charge in [0, 0.05) is 27.5 Å². The van der Waals surface area contributed by atoms with Crippen LogP contribution in [0.5, 0.6) is 0 Å². The average molecular weight is 636 g/mol. The molecular formula is C27H40ClN10O4S+. The number of azo groups is 2. The van der Waals surface area contributed by atoms with E-state index in [4.69, 9.17) is 22.6 Å². The summed E-state index contributed by atoms with van der Waals surface area (Å²) in [6, 6.07) is 15.1. The zero-order valence-corrected chi connectivity index (χ0v) is 25.7. The number of aryl methyl sites for hydroxylation is 4. The van der Waals surface area contributed by atoms with Crippen molar-refractivity contribution in [3.05, 3.63) is 78.3 Å². The van der Waals surface area contributed by atoms with E-state index in [0.717, 1.165) is 41.9 Å². The van der Waals surface area contributed by atoms with Crippen LogP contribution >= 0.6 is 11.6 Å². The molecule has 0 aliphatic rings. The van der Waals surface area contributed by atoms with Crippen molar-refractivity contribution in [2.75, 3.05) is 24.7 Å². The van der Waals surface area contributed by atoms with Crippen molar-refractivity contribution < 1.29 is 27.1 Å². The summed E-state index contributed by atoms with van der Waals surface area (Å²) in [4.78, 5) is 0. The number of imidazole rings is 2. The van der Waals surface area contributed by atoms with Gasteiger partial charge in [0.15, 0.2) is 0 Å². The minimum Gasteiger partial charge on any atom is -0.707 e. The molecule has 2 heterocycles. The molecule has 0 aliphatic heterocycles. The zero-order chi connectivity index (χ0) is 31.1. The first-order chi connectivity index (χ1) is 19.9. The van der Waals surface area contributed by atoms with Crippen LogP contribution in [0.15, 0.2) is 93.8 Å². The van der Waals surface area contributed by atoms with Crippen LogP contribution in [-0.4, -0.2) is 36.9 Å². The van der Waals surface area contributed by atoms with Gasteiger partial charge in [0.2, 0.25) is 0 Å². The van der Waals surface area contributed by atoms with Crippen molar-refractivity contribution in [1.82, 2.24) is 9.13 Å². The number of hydrogen-bond donors (Lipinski definition) is 2. The Bertz CT molecular complexity index is 1510. The van der Waals surface area contributed by atoms with Crippen molar-refractivity contribution in [3.8, 4) is 0 Å². The van der Waals surface area contributed by atoms with Gasteiger partial charge in [0.1, 0.15) is 11.4 Å². The minimum atomic E-state index is -3.72. The van der Waals surface area contributed by atoms with E-state index in [-0.39, 0.29) is 7.43 Å². The minimum absolute atomic E-state index is 0. The van der Waals surface area contributed by atoms with Gasteiger partial charge in [-0.3, -0.25) is 0 Å². The van der Waals surface area contributed by atoms with Gasteiger partial charge in [-0.1, -0.05) is 29.3 Å². The maximum atomic E-state index is 9.47. The molecule has 16 heteroatoms. The first-order valence-corrected chi connectivity index (χ1v) is 14.8. The summed E-state index contributed by atoms with van der Waals surface area (Å²) in [5, 5.41) is 29.7. The SMILES string of the molecule is C.CS(=O)(=O)O[O-].Cn1cc[n+](C)c1N=Nc1ccc(Cl)cc1.Cn1cc[n+](C)c1N=Nc1ccc(NCCCN)cc1. The van der Waals surface area contributed by atoms with Gasteiger partial charge in [-0.25, -0.2) is 26.7 Å². The lowest BCUT2D eigenvalue weighted by Crippen LogP contribution is -2.25. The van der Waals surface area contributed by atoms with Gasteiger partial charge in [0.25, 0.3) is 10.1 Å². The van der Waals surface area contributed by atoms with Gasteiger partial charge in [-0.2, -0.15) is 0 Å². The van der Waals surface area contributed by atoms with Crippen LogP contribution in [0.2, 0.25) is 5.02 Å². The second-order valence-electron chi connectivity index (χ2n) is 8.90. The molecule has 0 fully saturated rings. The molecule has 14 nitrogen and oxygen atoms in total. The third-order valence-electron chi connectivity index (χ3n) is 5.33. The Labute approximate surface area is 257 Å². The summed E-state index contributed by atoms with van der Waals surface area (Å²) in [7, 11) is 4.02. The summed E-state index contributed by atoms with van der Waals surface area (Å²) in [6.07, 6.45) is 9.38. The molecule has 0 radical (unpaired) electrons. The van der Waals surface area contributed by atoms with Crippen molar-refractivity contribution in [2.24, 2.45) is 54.4 Å². The van der Waals surface area contributed by atoms with E-state index in [1.54, 1.807) is 12.1 Å². The molecule has 0 unspecified atom stereocenters. The van der Waals surface area contributed by atoms with Gasteiger partial charge in [0.05, 0.1) is 59.2 Å². The lowest BCUT2D eigenvalue weighted by Gasteiger charge is -2.04. The van der Waals surface area contributed by atoms with E-state index in [0.29, 0.717) is 17.8 Å². The highest BCUT2D eigenvalue weighted by Crippen LogP contribution is 2.19. The normalized spacial score (nSPS) is 11.0. The fourth-order valence-electron chi connectivity index (χ4n) is 3.14. The van der Waals surface area contributed by atoms with Gasteiger partial charge >= 0.3 is 11.9 Å². The summed E-state index contributed by atoms with van der Waals surface area (Å²) in [6.45, 7) is 1.59. The molecule has 0 amide bonds. The first-order valence-electron chi connectivity index (χ1n) is 12.6. The maximum Gasteiger partial charge on any atom is 0.421 e. The number of benzene rings is 2. The first kappa shape index (κ1) is 37.0. The Balaban J connectivity index is 0.000000361. The Kier molecular flexibility index (Phi) is 15.9. The van der Waals surface area contributed by atoms with Crippen LogP contribution < -0.4 is 25.4 Å². The fraction of sp³-hybridized carbons (Fsp3) is 0.333.